The van der Waals surface area contributed by atoms with Gasteiger partial charge in [-0.1, -0.05) is 6.07 Å². The molecule has 2 N–H and O–H groups in total. The Balaban J connectivity index is 1.77. The number of methoxy groups -OCH3 is 1. The first kappa shape index (κ1) is 16.1. The molecule has 1 saturated heterocycles. The monoisotopic (exact) mass is 306 g/mol. The number of likely N-dealkylation sites (tertiary alicyclic amines) is 1. The minimum absolute atomic E-state index is 0.00759. The number of nitrogens with two attached hydrogens (primary N) is 1. The van der Waals surface area contributed by atoms with E-state index in [0.29, 0.717) is 36.9 Å². The lowest BCUT2D eigenvalue weighted by atomic mass is 9.93. The summed E-state index contributed by atoms with van der Waals surface area (Å²) in [4.78, 5) is 24.8. The molecular weight excluding hydrogens is 284 g/mol. The van der Waals surface area contributed by atoms with Crippen LogP contribution in [0.2, 0.25) is 0 Å². The Labute approximate surface area is 130 Å². The maximum absolute atomic E-state index is 12.1. The third kappa shape index (κ3) is 4.65. The summed E-state index contributed by atoms with van der Waals surface area (Å²) >= 11 is 0. The van der Waals surface area contributed by atoms with Gasteiger partial charge in [-0.25, -0.2) is 0 Å². The first-order valence-electron chi connectivity index (χ1n) is 7.41. The van der Waals surface area contributed by atoms with Crippen molar-refractivity contribution < 1.29 is 19.1 Å². The van der Waals surface area contributed by atoms with Crippen LogP contribution < -0.4 is 15.2 Å². The number of primary amides is 1. The fourth-order valence-corrected chi connectivity index (χ4v) is 2.60. The number of benzene rings is 1. The van der Waals surface area contributed by atoms with E-state index in [1.165, 1.54) is 0 Å². The summed E-state index contributed by atoms with van der Waals surface area (Å²) in [6.07, 6.45) is 2.03. The average molecular weight is 306 g/mol. The molecule has 0 saturated carbocycles. The molecule has 0 bridgehead atoms. The molecule has 2 amide bonds. The Morgan fingerprint density at radius 2 is 1.95 bits per heavy atom. The number of carbonyl (C=O) groups is 2. The first-order valence-corrected chi connectivity index (χ1v) is 7.41. The van der Waals surface area contributed by atoms with Gasteiger partial charge in [0, 0.05) is 25.6 Å². The van der Waals surface area contributed by atoms with E-state index in [0.717, 1.165) is 12.8 Å². The van der Waals surface area contributed by atoms with Gasteiger partial charge >= 0.3 is 0 Å². The standard InChI is InChI=1S/C16H22N2O4/c1-21-13-3-2-4-14(10-13)22-11-16(20)18-7-5-12(6-8-18)9-15(17)19/h2-4,10,12H,5-9,11H2,1H3,(H2,17,19). The van der Waals surface area contributed by atoms with Crippen LogP contribution in [0.25, 0.3) is 0 Å². The molecular formula is C16H22N2O4. The predicted molar refractivity (Wildman–Crippen MR) is 81.6 cm³/mol. The molecule has 0 unspecified atom stereocenters. The molecule has 6 nitrogen and oxygen atoms in total. The molecule has 0 spiro atoms. The summed E-state index contributed by atoms with van der Waals surface area (Å²) in [6.45, 7) is 1.31. The summed E-state index contributed by atoms with van der Waals surface area (Å²) in [5.41, 5.74) is 5.20. The minimum Gasteiger partial charge on any atom is -0.497 e. The molecule has 1 fully saturated rings. The highest BCUT2D eigenvalue weighted by atomic mass is 16.5. The zero-order valence-corrected chi connectivity index (χ0v) is 12.8. The molecule has 1 aliphatic heterocycles. The lowest BCUT2D eigenvalue weighted by molar-refractivity contribution is -0.134. The molecule has 22 heavy (non-hydrogen) atoms. The molecule has 1 aromatic rings. The quantitative estimate of drug-likeness (QED) is 0.856. The first-order chi connectivity index (χ1) is 10.6. The van der Waals surface area contributed by atoms with Crippen molar-refractivity contribution in [3.63, 3.8) is 0 Å². The summed E-state index contributed by atoms with van der Waals surface area (Å²) in [5, 5.41) is 0. The number of ether oxygens (including phenoxy) is 2. The summed E-state index contributed by atoms with van der Waals surface area (Å²) < 4.78 is 10.6. The number of nitrogens with zero attached hydrogens (tertiary/aromatic N) is 1. The zero-order chi connectivity index (χ0) is 15.9. The van der Waals surface area contributed by atoms with E-state index in [1.807, 2.05) is 12.1 Å². The topological polar surface area (TPSA) is 81.9 Å². The lowest BCUT2D eigenvalue weighted by Gasteiger charge is -2.31. The Morgan fingerprint density at radius 3 is 2.59 bits per heavy atom. The van der Waals surface area contributed by atoms with Gasteiger partial charge in [-0.05, 0) is 30.9 Å². The van der Waals surface area contributed by atoms with Gasteiger partial charge in [-0.15, -0.1) is 0 Å². The Bertz CT molecular complexity index is 525. The summed E-state index contributed by atoms with van der Waals surface area (Å²) in [5.74, 6) is 1.28. The van der Waals surface area contributed by atoms with E-state index in [2.05, 4.69) is 0 Å². The molecule has 0 aromatic heterocycles. The van der Waals surface area contributed by atoms with Crippen LogP contribution in [0.5, 0.6) is 11.5 Å². The highest BCUT2D eigenvalue weighted by Gasteiger charge is 2.23. The second kappa shape index (κ2) is 7.68. The molecule has 1 aliphatic rings. The van der Waals surface area contributed by atoms with E-state index in [-0.39, 0.29) is 18.4 Å². The largest absolute Gasteiger partial charge is 0.497 e. The molecule has 0 aliphatic carbocycles. The highest BCUT2D eigenvalue weighted by molar-refractivity contribution is 5.78. The maximum Gasteiger partial charge on any atom is 0.260 e. The van der Waals surface area contributed by atoms with Crippen LogP contribution in [-0.4, -0.2) is 43.5 Å². The van der Waals surface area contributed by atoms with Gasteiger partial charge in [-0.2, -0.15) is 0 Å². The Hall–Kier alpha value is -2.24. The molecule has 6 heteroatoms. The van der Waals surface area contributed by atoms with Crippen molar-refractivity contribution in [1.82, 2.24) is 4.90 Å². The van der Waals surface area contributed by atoms with Crippen molar-refractivity contribution in [2.24, 2.45) is 11.7 Å². The number of hydrogen-bond acceptors (Lipinski definition) is 4. The summed E-state index contributed by atoms with van der Waals surface area (Å²) in [6, 6.07) is 7.16. The summed E-state index contributed by atoms with van der Waals surface area (Å²) in [7, 11) is 1.58. The third-order valence-corrected chi connectivity index (χ3v) is 3.86. The molecule has 1 heterocycles. The van der Waals surface area contributed by atoms with Gasteiger partial charge in [0.25, 0.3) is 5.91 Å². The lowest BCUT2D eigenvalue weighted by Crippen LogP contribution is -2.41. The number of hydrogen-bond donors (Lipinski definition) is 1. The molecule has 2 rings (SSSR count). The smallest absolute Gasteiger partial charge is 0.260 e. The van der Waals surface area contributed by atoms with Gasteiger partial charge in [-0.3, -0.25) is 9.59 Å². The van der Waals surface area contributed by atoms with Crippen molar-refractivity contribution in [1.29, 1.82) is 0 Å². The second-order valence-electron chi connectivity index (χ2n) is 5.46. The van der Waals surface area contributed by atoms with Crippen molar-refractivity contribution in [2.45, 2.75) is 19.3 Å². The van der Waals surface area contributed by atoms with Crippen LogP contribution in [0.15, 0.2) is 24.3 Å². The maximum atomic E-state index is 12.1. The van der Waals surface area contributed by atoms with Gasteiger partial charge < -0.3 is 20.1 Å². The van der Waals surface area contributed by atoms with Crippen LogP contribution in [0.4, 0.5) is 0 Å². The van der Waals surface area contributed by atoms with Crippen molar-refractivity contribution >= 4 is 11.8 Å². The van der Waals surface area contributed by atoms with Gasteiger partial charge in [0.2, 0.25) is 5.91 Å². The molecule has 120 valence electrons. The van der Waals surface area contributed by atoms with Gasteiger partial charge in [0.15, 0.2) is 6.61 Å². The molecule has 0 radical (unpaired) electrons. The molecule has 1 aromatic carbocycles. The van der Waals surface area contributed by atoms with Crippen LogP contribution in [0, 0.1) is 5.92 Å². The fraction of sp³-hybridized carbons (Fsp3) is 0.500. The van der Waals surface area contributed by atoms with Crippen molar-refractivity contribution in [2.75, 3.05) is 26.8 Å². The van der Waals surface area contributed by atoms with E-state index in [4.69, 9.17) is 15.2 Å². The Morgan fingerprint density at radius 1 is 1.27 bits per heavy atom. The average Bonchev–Trinajstić information content (AvgIpc) is 2.53. The second-order valence-corrected chi connectivity index (χ2v) is 5.46. The zero-order valence-electron chi connectivity index (χ0n) is 12.8. The highest BCUT2D eigenvalue weighted by Crippen LogP contribution is 2.21. The Kier molecular flexibility index (Phi) is 5.63. The molecule has 0 atom stereocenters. The SMILES string of the molecule is COc1cccc(OCC(=O)N2CCC(CC(N)=O)CC2)c1. The number of amides is 2. The normalized spacial score (nSPS) is 15.4. The van der Waals surface area contributed by atoms with Crippen LogP contribution in [0.3, 0.4) is 0 Å². The van der Waals surface area contributed by atoms with Crippen LogP contribution >= 0.6 is 0 Å². The van der Waals surface area contributed by atoms with Crippen molar-refractivity contribution in [3.8, 4) is 11.5 Å². The van der Waals surface area contributed by atoms with Crippen LogP contribution in [-0.2, 0) is 9.59 Å². The van der Waals surface area contributed by atoms with E-state index in [1.54, 1.807) is 24.1 Å². The number of carbonyl (C=O) groups excluding carboxylic acids is 2. The van der Waals surface area contributed by atoms with E-state index in [9.17, 15) is 9.59 Å². The van der Waals surface area contributed by atoms with E-state index >= 15 is 0 Å². The number of rotatable bonds is 6. The fourth-order valence-electron chi connectivity index (χ4n) is 2.60. The third-order valence-electron chi connectivity index (χ3n) is 3.86. The predicted octanol–water partition coefficient (Wildman–Crippen LogP) is 1.19. The van der Waals surface area contributed by atoms with Gasteiger partial charge in [0.1, 0.15) is 11.5 Å². The van der Waals surface area contributed by atoms with Crippen molar-refractivity contribution in [3.05, 3.63) is 24.3 Å². The van der Waals surface area contributed by atoms with Gasteiger partial charge in [0.05, 0.1) is 7.11 Å². The minimum atomic E-state index is -0.272. The van der Waals surface area contributed by atoms with Crippen LogP contribution in [0.1, 0.15) is 19.3 Å². The van der Waals surface area contributed by atoms with E-state index < -0.39 is 0 Å². The number of piperidine rings is 1.